The molecule has 0 rings (SSSR count). The SMILES string of the molecule is CCCNC(C)(CCCCN(C)CCC)C(=O)OC. The molecule has 4 nitrogen and oxygen atoms in total. The minimum Gasteiger partial charge on any atom is -0.468 e. The number of carbonyl (C=O) groups excluding carboxylic acids is 1. The zero-order valence-corrected chi connectivity index (χ0v) is 13.4. The minimum atomic E-state index is -0.534. The van der Waals surface area contributed by atoms with Crippen LogP contribution in [0.1, 0.15) is 52.9 Å². The first kappa shape index (κ1) is 18.4. The number of nitrogens with one attached hydrogen (secondary N) is 1. The molecule has 0 fully saturated rings. The Morgan fingerprint density at radius 1 is 1.21 bits per heavy atom. The van der Waals surface area contributed by atoms with E-state index in [2.05, 4.69) is 31.1 Å². The molecular weight excluding hydrogens is 240 g/mol. The molecule has 0 saturated heterocycles. The zero-order chi connectivity index (χ0) is 14.7. The molecule has 0 aromatic heterocycles. The maximum atomic E-state index is 11.9. The van der Waals surface area contributed by atoms with Gasteiger partial charge in [-0.1, -0.05) is 13.8 Å². The van der Waals surface area contributed by atoms with E-state index in [-0.39, 0.29) is 5.97 Å². The molecule has 1 unspecified atom stereocenters. The molecule has 0 saturated carbocycles. The second-order valence-corrected chi connectivity index (χ2v) is 5.51. The lowest BCUT2D eigenvalue weighted by atomic mass is 9.94. The van der Waals surface area contributed by atoms with Crippen molar-refractivity contribution in [2.24, 2.45) is 0 Å². The Bertz CT molecular complexity index is 246. The molecular formula is C15H32N2O2. The molecule has 114 valence electrons. The number of carbonyl (C=O) groups is 1. The zero-order valence-electron chi connectivity index (χ0n) is 13.4. The number of unbranched alkanes of at least 4 members (excludes halogenated alkanes) is 1. The third-order valence-corrected chi connectivity index (χ3v) is 3.47. The fraction of sp³-hybridized carbons (Fsp3) is 0.933. The number of rotatable bonds is 11. The number of hydrogen-bond acceptors (Lipinski definition) is 4. The number of ether oxygens (including phenoxy) is 1. The van der Waals surface area contributed by atoms with Crippen molar-refractivity contribution in [1.82, 2.24) is 10.2 Å². The maximum Gasteiger partial charge on any atom is 0.325 e. The van der Waals surface area contributed by atoms with Gasteiger partial charge in [0.15, 0.2) is 0 Å². The summed E-state index contributed by atoms with van der Waals surface area (Å²) in [5.74, 6) is -0.150. The number of nitrogens with zero attached hydrogens (tertiary/aromatic N) is 1. The van der Waals surface area contributed by atoms with Crippen molar-refractivity contribution in [2.75, 3.05) is 33.8 Å². The summed E-state index contributed by atoms with van der Waals surface area (Å²) in [5, 5.41) is 3.32. The fourth-order valence-corrected chi connectivity index (χ4v) is 2.24. The quantitative estimate of drug-likeness (QED) is 0.463. The second-order valence-electron chi connectivity index (χ2n) is 5.51. The number of esters is 1. The third kappa shape index (κ3) is 7.53. The molecule has 0 aliphatic rings. The van der Waals surface area contributed by atoms with Gasteiger partial charge in [-0.05, 0) is 65.7 Å². The van der Waals surface area contributed by atoms with E-state index < -0.39 is 5.54 Å². The van der Waals surface area contributed by atoms with Gasteiger partial charge < -0.3 is 15.0 Å². The van der Waals surface area contributed by atoms with Gasteiger partial charge in [0.05, 0.1) is 7.11 Å². The van der Waals surface area contributed by atoms with Crippen molar-refractivity contribution in [1.29, 1.82) is 0 Å². The van der Waals surface area contributed by atoms with Crippen molar-refractivity contribution >= 4 is 5.97 Å². The van der Waals surface area contributed by atoms with Crippen molar-refractivity contribution in [3.05, 3.63) is 0 Å². The van der Waals surface area contributed by atoms with Gasteiger partial charge in [-0.2, -0.15) is 0 Å². The van der Waals surface area contributed by atoms with Crippen LogP contribution in [0.4, 0.5) is 0 Å². The summed E-state index contributed by atoms with van der Waals surface area (Å²) in [5.41, 5.74) is -0.534. The highest BCUT2D eigenvalue weighted by atomic mass is 16.5. The van der Waals surface area contributed by atoms with Gasteiger partial charge in [-0.15, -0.1) is 0 Å². The number of methoxy groups -OCH3 is 1. The largest absolute Gasteiger partial charge is 0.468 e. The van der Waals surface area contributed by atoms with E-state index in [1.54, 1.807) is 0 Å². The van der Waals surface area contributed by atoms with Gasteiger partial charge in [-0.25, -0.2) is 0 Å². The topological polar surface area (TPSA) is 41.6 Å². The Balaban J connectivity index is 4.09. The Morgan fingerprint density at radius 3 is 2.42 bits per heavy atom. The van der Waals surface area contributed by atoms with Gasteiger partial charge in [0.1, 0.15) is 5.54 Å². The fourth-order valence-electron chi connectivity index (χ4n) is 2.24. The van der Waals surface area contributed by atoms with Crippen LogP contribution in [0.15, 0.2) is 0 Å². The van der Waals surface area contributed by atoms with Crippen LogP contribution in [0.2, 0.25) is 0 Å². The summed E-state index contributed by atoms with van der Waals surface area (Å²) in [6.45, 7) is 9.33. The van der Waals surface area contributed by atoms with E-state index >= 15 is 0 Å². The summed E-state index contributed by atoms with van der Waals surface area (Å²) in [7, 11) is 3.61. The molecule has 0 aromatic carbocycles. The van der Waals surface area contributed by atoms with Crippen LogP contribution < -0.4 is 5.32 Å². The highest BCUT2D eigenvalue weighted by molar-refractivity contribution is 5.80. The molecule has 0 aliphatic heterocycles. The lowest BCUT2D eigenvalue weighted by Gasteiger charge is -2.28. The van der Waals surface area contributed by atoms with Gasteiger partial charge in [0.2, 0.25) is 0 Å². The van der Waals surface area contributed by atoms with Crippen molar-refractivity contribution in [3.63, 3.8) is 0 Å². The van der Waals surface area contributed by atoms with Crippen LogP contribution in [-0.2, 0) is 9.53 Å². The lowest BCUT2D eigenvalue weighted by Crippen LogP contribution is -2.50. The van der Waals surface area contributed by atoms with E-state index in [0.717, 1.165) is 45.3 Å². The Kier molecular flexibility index (Phi) is 9.88. The summed E-state index contributed by atoms with van der Waals surface area (Å²) >= 11 is 0. The summed E-state index contributed by atoms with van der Waals surface area (Å²) in [6, 6.07) is 0. The van der Waals surface area contributed by atoms with Gasteiger partial charge in [-0.3, -0.25) is 4.79 Å². The maximum absolute atomic E-state index is 11.9. The molecule has 19 heavy (non-hydrogen) atoms. The predicted molar refractivity (Wildman–Crippen MR) is 80.4 cm³/mol. The molecule has 0 aliphatic carbocycles. The second kappa shape index (κ2) is 10.2. The normalized spacial score (nSPS) is 14.4. The lowest BCUT2D eigenvalue weighted by molar-refractivity contribution is -0.148. The molecule has 0 heterocycles. The molecule has 0 radical (unpaired) electrons. The van der Waals surface area contributed by atoms with Crippen LogP contribution >= 0.6 is 0 Å². The first-order chi connectivity index (χ1) is 9.00. The monoisotopic (exact) mass is 272 g/mol. The van der Waals surface area contributed by atoms with E-state index in [0.29, 0.717) is 0 Å². The van der Waals surface area contributed by atoms with Crippen molar-refractivity contribution < 1.29 is 9.53 Å². The molecule has 0 bridgehead atoms. The standard InChI is InChI=1S/C15H32N2O2/c1-6-11-16-15(3,14(18)19-5)10-8-9-13-17(4)12-7-2/h16H,6-13H2,1-5H3. The third-order valence-electron chi connectivity index (χ3n) is 3.47. The highest BCUT2D eigenvalue weighted by Gasteiger charge is 2.32. The van der Waals surface area contributed by atoms with Crippen LogP contribution in [0, 0.1) is 0 Å². The molecule has 1 N–H and O–H groups in total. The van der Waals surface area contributed by atoms with Crippen molar-refractivity contribution in [2.45, 2.75) is 58.4 Å². The van der Waals surface area contributed by atoms with E-state index in [1.807, 2.05) is 6.92 Å². The molecule has 0 amide bonds. The van der Waals surface area contributed by atoms with Crippen molar-refractivity contribution in [3.8, 4) is 0 Å². The average molecular weight is 272 g/mol. The highest BCUT2D eigenvalue weighted by Crippen LogP contribution is 2.16. The Morgan fingerprint density at radius 2 is 1.89 bits per heavy atom. The van der Waals surface area contributed by atoms with E-state index in [4.69, 9.17) is 4.74 Å². The Labute approximate surface area is 118 Å². The van der Waals surface area contributed by atoms with E-state index in [9.17, 15) is 4.79 Å². The minimum absolute atomic E-state index is 0.150. The predicted octanol–water partition coefficient (Wildman–Crippen LogP) is 2.43. The average Bonchev–Trinajstić information content (AvgIpc) is 2.40. The first-order valence-electron chi connectivity index (χ1n) is 7.52. The summed E-state index contributed by atoms with van der Waals surface area (Å²) < 4.78 is 4.92. The van der Waals surface area contributed by atoms with Crippen LogP contribution in [0.3, 0.4) is 0 Å². The number of hydrogen-bond donors (Lipinski definition) is 1. The summed E-state index contributed by atoms with van der Waals surface area (Å²) in [6.07, 6.45) is 5.20. The smallest absolute Gasteiger partial charge is 0.325 e. The molecule has 1 atom stereocenters. The Hall–Kier alpha value is -0.610. The van der Waals surface area contributed by atoms with Gasteiger partial charge >= 0.3 is 5.97 Å². The van der Waals surface area contributed by atoms with Crippen LogP contribution in [0.5, 0.6) is 0 Å². The van der Waals surface area contributed by atoms with Crippen LogP contribution in [-0.4, -0.2) is 50.2 Å². The van der Waals surface area contributed by atoms with Gasteiger partial charge in [0, 0.05) is 0 Å². The summed E-state index contributed by atoms with van der Waals surface area (Å²) in [4.78, 5) is 14.2. The van der Waals surface area contributed by atoms with Crippen LogP contribution in [0.25, 0.3) is 0 Å². The molecule has 0 spiro atoms. The first-order valence-corrected chi connectivity index (χ1v) is 7.52. The molecule has 0 aromatic rings. The van der Waals surface area contributed by atoms with Gasteiger partial charge in [0.25, 0.3) is 0 Å². The van der Waals surface area contributed by atoms with E-state index in [1.165, 1.54) is 13.5 Å². The molecule has 4 heteroatoms.